The minimum atomic E-state index is -0.211. The molecule has 0 heteroatoms. The van der Waals surface area contributed by atoms with E-state index in [2.05, 4.69) is 114 Å². The highest BCUT2D eigenvalue weighted by atomic mass is 14.6. The summed E-state index contributed by atoms with van der Waals surface area (Å²) in [6, 6.07) is 23.3. The molecule has 0 spiro atoms. The fourth-order valence-electron chi connectivity index (χ4n) is 5.91. The molecule has 0 bridgehead atoms. The summed E-state index contributed by atoms with van der Waals surface area (Å²) in [6.45, 7) is 11.4. The maximum atomic E-state index is 2.48. The number of rotatable bonds is 2. The minimum Gasteiger partial charge on any atom is -0.0836 e. The largest absolute Gasteiger partial charge is 0.0836 e. The monoisotopic (exact) mass is 390 g/mol. The van der Waals surface area contributed by atoms with Gasteiger partial charge in [-0.15, -0.1) is 0 Å². The highest BCUT2D eigenvalue weighted by Crippen LogP contribution is 2.66. The predicted molar refractivity (Wildman–Crippen MR) is 128 cm³/mol. The molecule has 0 amide bonds. The molecule has 0 fully saturated rings. The van der Waals surface area contributed by atoms with Gasteiger partial charge < -0.3 is 0 Å². The normalized spacial score (nSPS) is 21.2. The lowest BCUT2D eigenvalue weighted by Gasteiger charge is -2.47. The van der Waals surface area contributed by atoms with Crippen LogP contribution in [0.1, 0.15) is 57.9 Å². The van der Waals surface area contributed by atoms with Crippen LogP contribution in [-0.2, 0) is 5.41 Å². The first-order valence-electron chi connectivity index (χ1n) is 11.0. The van der Waals surface area contributed by atoms with Crippen LogP contribution in [0.15, 0.2) is 78.9 Å². The molecule has 3 aromatic carbocycles. The summed E-state index contributed by atoms with van der Waals surface area (Å²) in [5, 5.41) is 0. The van der Waals surface area contributed by atoms with E-state index in [1.807, 2.05) is 0 Å². The minimum absolute atomic E-state index is 0.0329. The van der Waals surface area contributed by atoms with Gasteiger partial charge in [0.25, 0.3) is 0 Å². The van der Waals surface area contributed by atoms with Gasteiger partial charge >= 0.3 is 0 Å². The molecule has 0 radical (unpaired) electrons. The maximum Gasteiger partial charge on any atom is 0.0554 e. The van der Waals surface area contributed by atoms with Crippen molar-refractivity contribution in [2.45, 2.75) is 46.5 Å². The van der Waals surface area contributed by atoms with Crippen LogP contribution in [-0.4, -0.2) is 0 Å². The zero-order valence-corrected chi connectivity index (χ0v) is 18.7. The first-order valence-corrected chi connectivity index (χ1v) is 11.0. The summed E-state index contributed by atoms with van der Waals surface area (Å²) >= 11 is 0. The van der Waals surface area contributed by atoms with Gasteiger partial charge in [0.15, 0.2) is 0 Å². The van der Waals surface area contributed by atoms with E-state index in [1.54, 1.807) is 0 Å². The van der Waals surface area contributed by atoms with Gasteiger partial charge in [-0.1, -0.05) is 85.8 Å². The molecule has 2 aliphatic carbocycles. The summed E-state index contributed by atoms with van der Waals surface area (Å²) in [6.07, 6.45) is 7.98. The number of hydrogen-bond acceptors (Lipinski definition) is 0. The fourth-order valence-corrected chi connectivity index (χ4v) is 5.91. The Labute approximate surface area is 181 Å². The van der Waals surface area contributed by atoms with E-state index in [0.29, 0.717) is 0 Å². The Kier molecular flexibility index (Phi) is 4.19. The van der Waals surface area contributed by atoms with Crippen molar-refractivity contribution in [2.24, 2.45) is 5.41 Å². The third-order valence-corrected chi connectivity index (χ3v) is 7.85. The molecule has 5 rings (SSSR count). The van der Waals surface area contributed by atoms with Crippen molar-refractivity contribution in [3.8, 4) is 0 Å². The molecule has 1 unspecified atom stereocenters. The Bertz CT molecular complexity index is 1170. The Morgan fingerprint density at radius 1 is 0.700 bits per heavy atom. The summed E-state index contributed by atoms with van der Waals surface area (Å²) < 4.78 is 0. The Balaban J connectivity index is 1.96. The third-order valence-electron chi connectivity index (χ3n) is 7.85. The molecule has 0 saturated carbocycles. The molecule has 0 aromatic heterocycles. The van der Waals surface area contributed by atoms with Crippen LogP contribution in [0.5, 0.6) is 0 Å². The summed E-state index contributed by atoms with van der Waals surface area (Å²) in [5.41, 5.74) is 12.3. The SMILES string of the molecule is Cc1ccc(C2(c3ccc(C)c(C)c3)c3ccccc3C3=CC=CCC32C)cc1C. The van der Waals surface area contributed by atoms with Crippen molar-refractivity contribution in [2.75, 3.05) is 0 Å². The molecule has 0 aliphatic heterocycles. The second-order valence-corrected chi connectivity index (χ2v) is 9.44. The van der Waals surface area contributed by atoms with Crippen LogP contribution in [0.4, 0.5) is 0 Å². The Hall–Kier alpha value is -2.86. The second kappa shape index (κ2) is 6.57. The Morgan fingerprint density at radius 3 is 1.90 bits per heavy atom. The molecular formula is C30H30. The summed E-state index contributed by atoms with van der Waals surface area (Å²) in [7, 11) is 0. The van der Waals surface area contributed by atoms with Crippen molar-refractivity contribution < 1.29 is 0 Å². The molecule has 150 valence electrons. The van der Waals surface area contributed by atoms with Crippen molar-refractivity contribution in [1.29, 1.82) is 0 Å². The van der Waals surface area contributed by atoms with Crippen molar-refractivity contribution in [3.63, 3.8) is 0 Å². The number of allylic oxidation sites excluding steroid dienone is 4. The molecule has 0 heterocycles. The maximum absolute atomic E-state index is 2.48. The quantitative estimate of drug-likeness (QED) is 0.422. The third kappa shape index (κ3) is 2.34. The van der Waals surface area contributed by atoms with Crippen LogP contribution in [0, 0.1) is 33.1 Å². The van der Waals surface area contributed by atoms with Crippen LogP contribution in [0.25, 0.3) is 5.57 Å². The van der Waals surface area contributed by atoms with Gasteiger partial charge in [-0.05, 0) is 84.2 Å². The standard InChI is InChI=1S/C30H30/c1-20-13-15-24(18-22(20)3)30(25-16-14-21(2)23(4)19-25)28-12-7-6-10-26(28)27-11-8-9-17-29(27,30)5/h6-16,18-19H,17H2,1-5H3. The van der Waals surface area contributed by atoms with Crippen LogP contribution >= 0.6 is 0 Å². The molecule has 2 aliphatic rings. The van der Waals surface area contributed by atoms with Gasteiger partial charge in [-0.2, -0.15) is 0 Å². The lowest BCUT2D eigenvalue weighted by atomic mass is 9.54. The lowest BCUT2D eigenvalue weighted by Crippen LogP contribution is -2.43. The van der Waals surface area contributed by atoms with Gasteiger partial charge in [0, 0.05) is 5.41 Å². The number of fused-ring (bicyclic) bond motifs is 3. The van der Waals surface area contributed by atoms with E-state index >= 15 is 0 Å². The molecular weight excluding hydrogens is 360 g/mol. The average molecular weight is 391 g/mol. The van der Waals surface area contributed by atoms with Crippen molar-refractivity contribution >= 4 is 5.57 Å². The number of benzene rings is 3. The van der Waals surface area contributed by atoms with Crippen LogP contribution in [0.2, 0.25) is 0 Å². The molecule has 1 atom stereocenters. The van der Waals surface area contributed by atoms with E-state index in [0.717, 1.165) is 6.42 Å². The van der Waals surface area contributed by atoms with Crippen LogP contribution in [0.3, 0.4) is 0 Å². The van der Waals surface area contributed by atoms with E-state index < -0.39 is 0 Å². The number of hydrogen-bond donors (Lipinski definition) is 0. The van der Waals surface area contributed by atoms with Gasteiger partial charge in [-0.25, -0.2) is 0 Å². The van der Waals surface area contributed by atoms with Crippen LogP contribution < -0.4 is 0 Å². The smallest absolute Gasteiger partial charge is 0.0554 e. The second-order valence-electron chi connectivity index (χ2n) is 9.44. The molecule has 30 heavy (non-hydrogen) atoms. The lowest BCUT2D eigenvalue weighted by molar-refractivity contribution is 0.321. The van der Waals surface area contributed by atoms with E-state index in [-0.39, 0.29) is 10.8 Å². The molecule has 0 nitrogen and oxygen atoms in total. The summed E-state index contributed by atoms with van der Waals surface area (Å²) in [4.78, 5) is 0. The van der Waals surface area contributed by atoms with Gasteiger partial charge in [-0.3, -0.25) is 0 Å². The number of aryl methyl sites for hydroxylation is 4. The highest BCUT2D eigenvalue weighted by molar-refractivity contribution is 5.86. The van der Waals surface area contributed by atoms with Gasteiger partial charge in [0.1, 0.15) is 0 Å². The zero-order chi connectivity index (χ0) is 21.1. The molecule has 0 N–H and O–H groups in total. The fraction of sp³-hybridized carbons (Fsp3) is 0.267. The van der Waals surface area contributed by atoms with Crippen molar-refractivity contribution in [3.05, 3.63) is 123 Å². The summed E-state index contributed by atoms with van der Waals surface area (Å²) in [5.74, 6) is 0. The van der Waals surface area contributed by atoms with E-state index in [9.17, 15) is 0 Å². The first kappa shape index (κ1) is 19.1. The van der Waals surface area contributed by atoms with Gasteiger partial charge in [0.05, 0.1) is 5.41 Å². The molecule has 3 aromatic rings. The predicted octanol–water partition coefficient (Wildman–Crippen LogP) is 7.62. The first-order chi connectivity index (χ1) is 14.4. The zero-order valence-electron chi connectivity index (χ0n) is 18.7. The van der Waals surface area contributed by atoms with Crippen molar-refractivity contribution in [1.82, 2.24) is 0 Å². The average Bonchev–Trinajstić information content (AvgIpc) is 2.98. The van der Waals surface area contributed by atoms with E-state index in [1.165, 1.54) is 50.1 Å². The van der Waals surface area contributed by atoms with Gasteiger partial charge in [0.2, 0.25) is 0 Å². The highest BCUT2D eigenvalue weighted by Gasteiger charge is 2.59. The Morgan fingerprint density at radius 2 is 1.30 bits per heavy atom. The topological polar surface area (TPSA) is 0 Å². The van der Waals surface area contributed by atoms with E-state index in [4.69, 9.17) is 0 Å². The molecule has 0 saturated heterocycles.